The molecule has 0 aliphatic carbocycles. The summed E-state index contributed by atoms with van der Waals surface area (Å²) in [5.41, 5.74) is 4.00. The van der Waals surface area contributed by atoms with Crippen molar-refractivity contribution in [2.75, 3.05) is 18.1 Å². The summed E-state index contributed by atoms with van der Waals surface area (Å²) in [5, 5.41) is 2.81. The first-order chi connectivity index (χ1) is 13.5. The lowest BCUT2D eigenvalue weighted by Crippen LogP contribution is -2.38. The maximum absolute atomic E-state index is 13.0. The Morgan fingerprint density at radius 2 is 2.00 bits per heavy atom. The molecular weight excluding hydrogens is 352 g/mol. The van der Waals surface area contributed by atoms with Crippen LogP contribution in [0.2, 0.25) is 0 Å². The summed E-state index contributed by atoms with van der Waals surface area (Å²) in [6, 6.07) is 13.3. The van der Waals surface area contributed by atoms with Gasteiger partial charge in [-0.2, -0.15) is 0 Å². The van der Waals surface area contributed by atoms with Crippen LogP contribution in [-0.4, -0.2) is 25.0 Å². The Balaban J connectivity index is 1.77. The number of anilines is 1. The van der Waals surface area contributed by atoms with Gasteiger partial charge in [0.15, 0.2) is 0 Å². The fourth-order valence-electron chi connectivity index (χ4n) is 3.56. The average molecular weight is 380 g/mol. The van der Waals surface area contributed by atoms with Gasteiger partial charge in [-0.25, -0.2) is 0 Å². The molecule has 0 saturated heterocycles. The number of carbonyl (C=O) groups is 2. The molecule has 0 fully saturated rings. The minimum Gasteiger partial charge on any atom is -0.491 e. The van der Waals surface area contributed by atoms with Crippen molar-refractivity contribution in [3.05, 3.63) is 59.2 Å². The van der Waals surface area contributed by atoms with E-state index in [0.29, 0.717) is 13.2 Å². The summed E-state index contributed by atoms with van der Waals surface area (Å²) in [6.45, 7) is 6.42. The molecule has 0 spiro atoms. The highest BCUT2D eigenvalue weighted by atomic mass is 16.5. The topological polar surface area (TPSA) is 58.6 Å². The van der Waals surface area contributed by atoms with Crippen molar-refractivity contribution >= 4 is 17.5 Å². The zero-order valence-corrected chi connectivity index (χ0v) is 16.8. The quantitative estimate of drug-likeness (QED) is 0.755. The number of para-hydroxylation sites is 1. The highest BCUT2D eigenvalue weighted by Crippen LogP contribution is 2.36. The number of nitrogens with one attached hydrogen (secondary N) is 1. The van der Waals surface area contributed by atoms with Gasteiger partial charge in [0, 0.05) is 18.2 Å². The maximum atomic E-state index is 13.0. The van der Waals surface area contributed by atoms with E-state index in [0.717, 1.165) is 41.8 Å². The van der Waals surface area contributed by atoms with Gasteiger partial charge in [-0.15, -0.1) is 0 Å². The van der Waals surface area contributed by atoms with Crippen LogP contribution < -0.4 is 15.0 Å². The molecule has 1 aliphatic heterocycles. The minimum atomic E-state index is -0.618. The van der Waals surface area contributed by atoms with Gasteiger partial charge in [-0.05, 0) is 43.0 Å². The normalized spacial score (nSPS) is 15.5. The van der Waals surface area contributed by atoms with Crippen LogP contribution in [0.25, 0.3) is 0 Å². The molecule has 0 unspecified atom stereocenters. The summed E-state index contributed by atoms with van der Waals surface area (Å²) in [4.78, 5) is 26.4. The first-order valence-electron chi connectivity index (χ1n) is 9.91. The number of fused-ring (bicyclic) bond motifs is 1. The Bertz CT molecular complexity index is 863. The number of benzene rings is 2. The molecule has 0 saturated carbocycles. The monoisotopic (exact) mass is 380 g/mol. The van der Waals surface area contributed by atoms with Gasteiger partial charge in [0.25, 0.3) is 5.91 Å². The Hall–Kier alpha value is -2.82. The van der Waals surface area contributed by atoms with E-state index < -0.39 is 6.04 Å². The number of rotatable bonds is 8. The highest BCUT2D eigenvalue weighted by molar-refractivity contribution is 6.06. The van der Waals surface area contributed by atoms with Gasteiger partial charge in [0.2, 0.25) is 5.91 Å². The third-order valence-corrected chi connectivity index (χ3v) is 5.04. The molecule has 3 rings (SSSR count). The standard InChI is InChI=1S/C23H28N2O3/c1-4-5-9-18-11-12-20-19(15-18)22(24-17(3)26)23(27)25(20)13-14-28-21-10-7-6-8-16(21)2/h6-8,10-12,15,22H,4-5,9,13-14H2,1-3H3,(H,24,26)/t22-/m1/s1. The van der Waals surface area contributed by atoms with Crippen LogP contribution in [0.4, 0.5) is 5.69 Å². The van der Waals surface area contributed by atoms with E-state index in [1.165, 1.54) is 12.5 Å². The molecule has 2 aromatic carbocycles. The van der Waals surface area contributed by atoms with Crippen molar-refractivity contribution in [2.45, 2.75) is 46.1 Å². The molecule has 148 valence electrons. The lowest BCUT2D eigenvalue weighted by molar-refractivity contribution is -0.126. The first-order valence-corrected chi connectivity index (χ1v) is 9.91. The lowest BCUT2D eigenvalue weighted by atomic mass is 10.0. The Labute approximate surface area is 166 Å². The van der Waals surface area contributed by atoms with Crippen molar-refractivity contribution in [3.63, 3.8) is 0 Å². The zero-order chi connectivity index (χ0) is 20.1. The predicted molar refractivity (Wildman–Crippen MR) is 111 cm³/mol. The summed E-state index contributed by atoms with van der Waals surface area (Å²) < 4.78 is 5.87. The summed E-state index contributed by atoms with van der Waals surface area (Å²) in [6.07, 6.45) is 3.19. The lowest BCUT2D eigenvalue weighted by Gasteiger charge is -2.19. The average Bonchev–Trinajstić information content (AvgIpc) is 2.92. The second-order valence-corrected chi connectivity index (χ2v) is 7.23. The molecule has 1 aliphatic rings. The van der Waals surface area contributed by atoms with Gasteiger partial charge < -0.3 is 15.0 Å². The summed E-state index contributed by atoms with van der Waals surface area (Å²) in [7, 11) is 0. The molecule has 1 atom stereocenters. The molecule has 2 aromatic rings. The number of unbranched alkanes of at least 4 members (excludes halogenated alkanes) is 1. The van der Waals surface area contributed by atoms with Crippen LogP contribution in [-0.2, 0) is 16.0 Å². The molecule has 28 heavy (non-hydrogen) atoms. The molecule has 0 radical (unpaired) electrons. The Morgan fingerprint density at radius 1 is 1.21 bits per heavy atom. The van der Waals surface area contributed by atoms with Crippen molar-refractivity contribution in [1.82, 2.24) is 5.32 Å². The van der Waals surface area contributed by atoms with Gasteiger partial charge in [0.05, 0.1) is 6.54 Å². The smallest absolute Gasteiger partial charge is 0.254 e. The number of amides is 2. The fraction of sp³-hybridized carbons (Fsp3) is 0.391. The molecule has 0 aromatic heterocycles. The van der Waals surface area contributed by atoms with Crippen LogP contribution in [0, 0.1) is 6.92 Å². The zero-order valence-electron chi connectivity index (χ0n) is 16.8. The molecule has 0 bridgehead atoms. The Kier molecular flexibility index (Phi) is 6.34. The van der Waals surface area contributed by atoms with E-state index in [1.807, 2.05) is 37.3 Å². The van der Waals surface area contributed by atoms with E-state index >= 15 is 0 Å². The van der Waals surface area contributed by atoms with Gasteiger partial charge in [-0.1, -0.05) is 43.7 Å². The molecule has 1 N–H and O–H groups in total. The number of hydrogen-bond donors (Lipinski definition) is 1. The molecule has 2 amide bonds. The second kappa shape index (κ2) is 8.91. The van der Waals surface area contributed by atoms with Gasteiger partial charge >= 0.3 is 0 Å². The third-order valence-electron chi connectivity index (χ3n) is 5.04. The molecule has 5 heteroatoms. The first kappa shape index (κ1) is 19.9. The van der Waals surface area contributed by atoms with Crippen LogP contribution in [0.5, 0.6) is 5.75 Å². The number of ether oxygens (including phenoxy) is 1. The fourth-order valence-corrected chi connectivity index (χ4v) is 3.56. The van der Waals surface area contributed by atoms with Crippen LogP contribution in [0.15, 0.2) is 42.5 Å². The van der Waals surface area contributed by atoms with E-state index in [1.54, 1.807) is 4.90 Å². The molecular formula is C23H28N2O3. The third kappa shape index (κ3) is 4.35. The van der Waals surface area contributed by atoms with Gasteiger partial charge in [0.1, 0.15) is 18.4 Å². The van der Waals surface area contributed by atoms with Gasteiger partial charge in [-0.3, -0.25) is 9.59 Å². The highest BCUT2D eigenvalue weighted by Gasteiger charge is 2.37. The maximum Gasteiger partial charge on any atom is 0.254 e. The predicted octanol–water partition coefficient (Wildman–Crippen LogP) is 3.94. The van der Waals surface area contributed by atoms with Crippen molar-refractivity contribution in [3.8, 4) is 5.75 Å². The largest absolute Gasteiger partial charge is 0.491 e. The van der Waals surface area contributed by atoms with E-state index in [2.05, 4.69) is 24.4 Å². The second-order valence-electron chi connectivity index (χ2n) is 7.23. The molecule has 5 nitrogen and oxygen atoms in total. The van der Waals surface area contributed by atoms with E-state index in [9.17, 15) is 9.59 Å². The van der Waals surface area contributed by atoms with Crippen LogP contribution in [0.1, 0.15) is 49.4 Å². The Morgan fingerprint density at radius 3 is 2.71 bits per heavy atom. The minimum absolute atomic E-state index is 0.105. The number of nitrogens with zero attached hydrogens (tertiary/aromatic N) is 1. The number of hydrogen-bond acceptors (Lipinski definition) is 3. The van der Waals surface area contributed by atoms with Crippen molar-refractivity contribution in [2.24, 2.45) is 0 Å². The van der Waals surface area contributed by atoms with Crippen LogP contribution >= 0.6 is 0 Å². The molecule has 1 heterocycles. The SMILES string of the molecule is CCCCc1ccc2c(c1)[C@@H](NC(C)=O)C(=O)N2CCOc1ccccc1C. The van der Waals surface area contributed by atoms with Crippen molar-refractivity contribution < 1.29 is 14.3 Å². The number of aryl methyl sites for hydroxylation is 2. The van der Waals surface area contributed by atoms with Crippen LogP contribution in [0.3, 0.4) is 0 Å². The summed E-state index contributed by atoms with van der Waals surface area (Å²) in [5.74, 6) is 0.509. The summed E-state index contributed by atoms with van der Waals surface area (Å²) >= 11 is 0. The van der Waals surface area contributed by atoms with E-state index in [4.69, 9.17) is 4.74 Å². The van der Waals surface area contributed by atoms with E-state index in [-0.39, 0.29) is 11.8 Å². The van der Waals surface area contributed by atoms with Crippen molar-refractivity contribution in [1.29, 1.82) is 0 Å². The number of carbonyl (C=O) groups excluding carboxylic acids is 2.